The number of thiazole rings is 1. The molecule has 6 nitrogen and oxygen atoms in total. The molecule has 0 bridgehead atoms. The van der Waals surface area contributed by atoms with Crippen molar-refractivity contribution in [2.75, 3.05) is 13.1 Å². The van der Waals surface area contributed by atoms with E-state index in [9.17, 15) is 14.0 Å². The first-order valence-electron chi connectivity index (χ1n) is 12.4. The third kappa shape index (κ3) is 4.30. The van der Waals surface area contributed by atoms with Gasteiger partial charge in [-0.15, -0.1) is 11.3 Å². The van der Waals surface area contributed by atoms with Gasteiger partial charge in [0, 0.05) is 49.2 Å². The van der Waals surface area contributed by atoms with Gasteiger partial charge >= 0.3 is 0 Å². The summed E-state index contributed by atoms with van der Waals surface area (Å²) in [5.41, 5.74) is 2.90. The molecule has 2 aromatic heterocycles. The molecule has 2 fully saturated rings. The highest BCUT2D eigenvalue weighted by Gasteiger charge is 2.33. The number of aromatic nitrogens is 2. The lowest BCUT2D eigenvalue weighted by Gasteiger charge is -2.33. The van der Waals surface area contributed by atoms with Crippen LogP contribution in [0.2, 0.25) is 0 Å². The zero-order valence-corrected chi connectivity index (χ0v) is 20.9. The van der Waals surface area contributed by atoms with Crippen LogP contribution in [0.25, 0.3) is 21.3 Å². The van der Waals surface area contributed by atoms with Crippen LogP contribution in [0.3, 0.4) is 0 Å². The fourth-order valence-corrected chi connectivity index (χ4v) is 6.23. The van der Waals surface area contributed by atoms with Crippen LogP contribution in [0.1, 0.15) is 57.5 Å². The monoisotopic (exact) mass is 502 g/mol. The summed E-state index contributed by atoms with van der Waals surface area (Å²) in [5.74, 6) is -0.131. The van der Waals surface area contributed by atoms with Crippen molar-refractivity contribution in [1.82, 2.24) is 19.8 Å². The lowest BCUT2D eigenvalue weighted by atomic mass is 10.0. The predicted octanol–water partition coefficient (Wildman–Crippen LogP) is 5.35. The van der Waals surface area contributed by atoms with Gasteiger partial charge in [-0.25, -0.2) is 9.37 Å². The molecule has 0 radical (unpaired) electrons. The fourth-order valence-electron chi connectivity index (χ4n) is 5.00. The van der Waals surface area contributed by atoms with E-state index in [1.807, 2.05) is 42.1 Å². The van der Waals surface area contributed by atoms with E-state index >= 15 is 0 Å². The minimum absolute atomic E-state index is 0.122. The molecule has 1 aliphatic heterocycles. The van der Waals surface area contributed by atoms with Crippen LogP contribution in [0, 0.1) is 5.82 Å². The first-order valence-corrected chi connectivity index (χ1v) is 13.2. The lowest BCUT2D eigenvalue weighted by Crippen LogP contribution is -2.49. The van der Waals surface area contributed by atoms with Gasteiger partial charge in [-0.3, -0.25) is 9.59 Å². The number of amides is 2. The highest BCUT2D eigenvalue weighted by atomic mass is 32.1. The van der Waals surface area contributed by atoms with Crippen molar-refractivity contribution in [3.8, 4) is 10.4 Å². The van der Waals surface area contributed by atoms with E-state index in [0.29, 0.717) is 30.3 Å². The second-order valence-electron chi connectivity index (χ2n) is 9.75. The Kier molecular flexibility index (Phi) is 5.84. The van der Waals surface area contributed by atoms with E-state index in [4.69, 9.17) is 4.98 Å². The minimum Gasteiger partial charge on any atom is -0.350 e. The van der Waals surface area contributed by atoms with Crippen molar-refractivity contribution in [3.63, 3.8) is 0 Å². The van der Waals surface area contributed by atoms with Gasteiger partial charge in [-0.05, 0) is 49.4 Å². The number of para-hydroxylation sites is 1. The number of likely N-dealkylation sites (tertiary alicyclic amines) is 1. The molecule has 2 aromatic carbocycles. The number of hydrogen-bond donors (Lipinski definition) is 1. The van der Waals surface area contributed by atoms with Crippen LogP contribution in [0.4, 0.5) is 4.39 Å². The second-order valence-corrected chi connectivity index (χ2v) is 10.8. The van der Waals surface area contributed by atoms with Gasteiger partial charge in [0.25, 0.3) is 11.8 Å². The summed E-state index contributed by atoms with van der Waals surface area (Å²) < 4.78 is 15.5. The number of carbonyl (C=O) groups is 2. The zero-order chi connectivity index (χ0) is 24.8. The van der Waals surface area contributed by atoms with E-state index in [1.54, 1.807) is 28.4 Å². The Morgan fingerprint density at radius 3 is 2.64 bits per heavy atom. The van der Waals surface area contributed by atoms with Crippen LogP contribution < -0.4 is 5.32 Å². The van der Waals surface area contributed by atoms with Gasteiger partial charge in [0.1, 0.15) is 11.5 Å². The SMILES string of the molecule is Cn1cc(C(=O)NC2CCCN(C(=O)c3nc(C4CC4)sc3-c3ccc(F)cc3)C2)c2ccccc21. The van der Waals surface area contributed by atoms with Crippen LogP contribution in [-0.4, -0.2) is 45.4 Å². The Morgan fingerprint density at radius 1 is 1.08 bits per heavy atom. The normalized spacial score (nSPS) is 17.9. The Balaban J connectivity index is 1.22. The molecule has 1 saturated carbocycles. The van der Waals surface area contributed by atoms with Crippen molar-refractivity contribution >= 4 is 34.1 Å². The molecule has 3 heterocycles. The molecule has 2 aliphatic rings. The number of fused-ring (bicyclic) bond motifs is 1. The molecule has 1 N–H and O–H groups in total. The molecule has 1 unspecified atom stereocenters. The van der Waals surface area contributed by atoms with E-state index in [0.717, 1.165) is 52.0 Å². The van der Waals surface area contributed by atoms with Crippen LogP contribution in [0.15, 0.2) is 54.7 Å². The molecule has 36 heavy (non-hydrogen) atoms. The number of halogens is 1. The van der Waals surface area contributed by atoms with Crippen LogP contribution in [0.5, 0.6) is 0 Å². The summed E-state index contributed by atoms with van der Waals surface area (Å²) in [4.78, 5) is 34.2. The Bertz CT molecular complexity index is 1450. The van der Waals surface area contributed by atoms with Gasteiger partial charge < -0.3 is 14.8 Å². The summed E-state index contributed by atoms with van der Waals surface area (Å²) in [7, 11) is 1.93. The van der Waals surface area contributed by atoms with E-state index in [2.05, 4.69) is 5.32 Å². The van der Waals surface area contributed by atoms with Gasteiger partial charge in [0.2, 0.25) is 0 Å². The summed E-state index contributed by atoms with van der Waals surface area (Å²) in [6.45, 7) is 1.06. The molecule has 184 valence electrons. The molecular formula is C28H27FN4O2S. The first-order chi connectivity index (χ1) is 17.5. The van der Waals surface area contributed by atoms with Crippen molar-refractivity contribution in [2.45, 2.75) is 37.6 Å². The van der Waals surface area contributed by atoms with Gasteiger partial charge in [0.05, 0.1) is 15.4 Å². The van der Waals surface area contributed by atoms with Crippen molar-refractivity contribution in [3.05, 3.63) is 76.8 Å². The Hall–Kier alpha value is -3.52. The average molecular weight is 503 g/mol. The Labute approximate surface area is 212 Å². The third-order valence-corrected chi connectivity index (χ3v) is 8.33. The maximum absolute atomic E-state index is 13.7. The number of piperidine rings is 1. The highest BCUT2D eigenvalue weighted by molar-refractivity contribution is 7.15. The van der Waals surface area contributed by atoms with Crippen molar-refractivity contribution in [1.29, 1.82) is 0 Å². The van der Waals surface area contributed by atoms with E-state index in [-0.39, 0.29) is 23.7 Å². The largest absolute Gasteiger partial charge is 0.350 e. The van der Waals surface area contributed by atoms with Gasteiger partial charge in [-0.2, -0.15) is 0 Å². The lowest BCUT2D eigenvalue weighted by molar-refractivity contribution is 0.0672. The molecule has 1 aliphatic carbocycles. The van der Waals surface area contributed by atoms with Crippen molar-refractivity contribution < 1.29 is 14.0 Å². The Morgan fingerprint density at radius 2 is 1.86 bits per heavy atom. The standard InChI is InChI=1S/C28H27FN4O2S/c1-32-16-22(21-6-2-3-7-23(21)32)26(34)30-20-5-4-14-33(15-20)28(35)24-25(17-10-12-19(29)13-11-17)36-27(31-24)18-8-9-18/h2-3,6-7,10-13,16,18,20H,4-5,8-9,14-15H2,1H3,(H,30,34). The topological polar surface area (TPSA) is 67.2 Å². The smallest absolute Gasteiger partial charge is 0.274 e. The summed E-state index contributed by atoms with van der Waals surface area (Å²) in [6, 6.07) is 14.0. The molecular weight excluding hydrogens is 475 g/mol. The molecule has 2 amide bonds. The molecule has 4 aromatic rings. The highest BCUT2D eigenvalue weighted by Crippen LogP contribution is 2.45. The van der Waals surface area contributed by atoms with Crippen LogP contribution >= 0.6 is 11.3 Å². The molecule has 6 rings (SSSR count). The zero-order valence-electron chi connectivity index (χ0n) is 20.0. The molecule has 1 saturated heterocycles. The summed E-state index contributed by atoms with van der Waals surface area (Å²) in [5, 5.41) is 5.06. The van der Waals surface area contributed by atoms with E-state index in [1.165, 1.54) is 12.1 Å². The van der Waals surface area contributed by atoms with Gasteiger partial charge in [-0.1, -0.05) is 30.3 Å². The first kappa shape index (κ1) is 22.9. The number of rotatable bonds is 5. The number of hydrogen-bond acceptors (Lipinski definition) is 4. The third-order valence-electron chi connectivity index (χ3n) is 7.06. The maximum atomic E-state index is 13.7. The number of aryl methyl sites for hydroxylation is 1. The van der Waals surface area contributed by atoms with Crippen LogP contribution in [-0.2, 0) is 7.05 Å². The molecule has 0 spiro atoms. The summed E-state index contributed by atoms with van der Waals surface area (Å²) >= 11 is 1.54. The fraction of sp³-hybridized carbons (Fsp3) is 0.321. The van der Waals surface area contributed by atoms with E-state index < -0.39 is 0 Å². The predicted molar refractivity (Wildman–Crippen MR) is 139 cm³/mol. The quantitative estimate of drug-likeness (QED) is 0.400. The van der Waals surface area contributed by atoms with Gasteiger partial charge in [0.15, 0.2) is 0 Å². The minimum atomic E-state index is -0.306. The summed E-state index contributed by atoms with van der Waals surface area (Å²) in [6.07, 6.45) is 5.66. The number of nitrogens with zero attached hydrogens (tertiary/aromatic N) is 3. The maximum Gasteiger partial charge on any atom is 0.274 e. The number of benzene rings is 2. The second kappa shape index (κ2) is 9.17. The molecule has 8 heteroatoms. The van der Waals surface area contributed by atoms with Crippen molar-refractivity contribution in [2.24, 2.45) is 7.05 Å². The molecule has 1 atom stereocenters. The number of nitrogens with one attached hydrogen (secondary N) is 1. The number of carbonyl (C=O) groups excluding carboxylic acids is 2. The average Bonchev–Trinajstić information content (AvgIpc) is 3.56.